The number of carbonyl (C=O) groups excluding carboxylic acids is 1. The normalized spacial score (nSPS) is 10.8. The van der Waals surface area contributed by atoms with Gasteiger partial charge in [-0.2, -0.15) is 0 Å². The van der Waals surface area contributed by atoms with Crippen LogP contribution in [0.4, 0.5) is 5.69 Å². The minimum atomic E-state index is -0.217. The van der Waals surface area contributed by atoms with E-state index in [1.807, 2.05) is 6.92 Å². The Kier molecular flexibility index (Phi) is 4.60. The zero-order chi connectivity index (χ0) is 17.3. The van der Waals surface area contributed by atoms with Crippen molar-refractivity contribution in [2.45, 2.75) is 13.5 Å². The molecule has 0 saturated heterocycles. The molecular formula is C18H14Cl2N2O2. The predicted octanol–water partition coefficient (Wildman–Crippen LogP) is 4.26. The molecule has 24 heavy (non-hydrogen) atoms. The molecule has 1 N–H and O–H groups in total. The van der Waals surface area contributed by atoms with E-state index < -0.39 is 0 Å². The SMILES string of the molecule is Cc1c(Cl)cccc1NC(=O)Cn1ccc(=O)c2ccc(Cl)cc21. The summed E-state index contributed by atoms with van der Waals surface area (Å²) in [4.78, 5) is 24.3. The van der Waals surface area contributed by atoms with Crippen LogP contribution in [0.15, 0.2) is 53.5 Å². The van der Waals surface area contributed by atoms with Crippen LogP contribution in [0.1, 0.15) is 5.56 Å². The van der Waals surface area contributed by atoms with Gasteiger partial charge in [0, 0.05) is 33.4 Å². The number of aromatic nitrogens is 1. The van der Waals surface area contributed by atoms with E-state index in [1.54, 1.807) is 47.2 Å². The monoisotopic (exact) mass is 360 g/mol. The van der Waals surface area contributed by atoms with Crippen molar-refractivity contribution in [3.63, 3.8) is 0 Å². The Labute approximate surface area is 148 Å². The van der Waals surface area contributed by atoms with Crippen LogP contribution in [0.2, 0.25) is 10.0 Å². The number of benzene rings is 2. The number of halogens is 2. The second kappa shape index (κ2) is 6.67. The molecule has 3 rings (SSSR count). The third-order valence-corrected chi connectivity index (χ3v) is 4.44. The van der Waals surface area contributed by atoms with E-state index >= 15 is 0 Å². The number of hydrogen-bond donors (Lipinski definition) is 1. The topological polar surface area (TPSA) is 51.1 Å². The van der Waals surface area contributed by atoms with E-state index in [1.165, 1.54) is 6.07 Å². The first-order chi connectivity index (χ1) is 11.5. The fourth-order valence-corrected chi connectivity index (χ4v) is 2.84. The summed E-state index contributed by atoms with van der Waals surface area (Å²) >= 11 is 12.1. The second-order valence-electron chi connectivity index (χ2n) is 5.43. The highest BCUT2D eigenvalue weighted by molar-refractivity contribution is 6.32. The molecule has 0 fully saturated rings. The molecule has 1 aromatic heterocycles. The van der Waals surface area contributed by atoms with Crippen LogP contribution in [0.5, 0.6) is 0 Å². The van der Waals surface area contributed by atoms with Crippen molar-refractivity contribution in [2.24, 2.45) is 0 Å². The molecule has 0 unspecified atom stereocenters. The van der Waals surface area contributed by atoms with Gasteiger partial charge in [0.05, 0.1) is 5.52 Å². The van der Waals surface area contributed by atoms with Gasteiger partial charge in [-0.05, 0) is 42.8 Å². The molecule has 0 radical (unpaired) electrons. The van der Waals surface area contributed by atoms with Gasteiger partial charge in [-0.3, -0.25) is 9.59 Å². The maximum atomic E-state index is 12.4. The number of hydrogen-bond acceptors (Lipinski definition) is 2. The van der Waals surface area contributed by atoms with Crippen LogP contribution < -0.4 is 10.7 Å². The summed E-state index contributed by atoms with van der Waals surface area (Å²) in [5, 5.41) is 4.46. The molecule has 0 atom stereocenters. The summed E-state index contributed by atoms with van der Waals surface area (Å²) in [5.41, 5.74) is 1.98. The Morgan fingerprint density at radius 3 is 2.75 bits per heavy atom. The van der Waals surface area contributed by atoms with Crippen LogP contribution in [0.3, 0.4) is 0 Å². The van der Waals surface area contributed by atoms with Crippen molar-refractivity contribution >= 4 is 45.7 Å². The fraction of sp³-hybridized carbons (Fsp3) is 0.111. The quantitative estimate of drug-likeness (QED) is 0.758. The minimum Gasteiger partial charge on any atom is -0.338 e. The molecule has 0 bridgehead atoms. The molecule has 0 aliphatic carbocycles. The van der Waals surface area contributed by atoms with E-state index in [2.05, 4.69) is 5.32 Å². The van der Waals surface area contributed by atoms with E-state index in [0.717, 1.165) is 5.56 Å². The Morgan fingerprint density at radius 2 is 1.96 bits per heavy atom. The lowest BCUT2D eigenvalue weighted by atomic mass is 10.2. The molecule has 4 nitrogen and oxygen atoms in total. The Hall–Kier alpha value is -2.30. The first-order valence-electron chi connectivity index (χ1n) is 7.29. The number of fused-ring (bicyclic) bond motifs is 1. The maximum Gasteiger partial charge on any atom is 0.244 e. The van der Waals surface area contributed by atoms with Gasteiger partial charge in [0.2, 0.25) is 5.91 Å². The van der Waals surface area contributed by atoms with Gasteiger partial charge in [-0.15, -0.1) is 0 Å². The average molecular weight is 361 g/mol. The van der Waals surface area contributed by atoms with Crippen molar-refractivity contribution in [3.05, 3.63) is 74.5 Å². The Bertz CT molecular complexity index is 996. The number of rotatable bonds is 3. The van der Waals surface area contributed by atoms with Gasteiger partial charge in [0.25, 0.3) is 0 Å². The Morgan fingerprint density at radius 1 is 1.17 bits per heavy atom. The van der Waals surface area contributed by atoms with Gasteiger partial charge >= 0.3 is 0 Å². The molecule has 0 aliphatic heterocycles. The van der Waals surface area contributed by atoms with Crippen LogP contribution in [0.25, 0.3) is 10.9 Å². The predicted molar refractivity (Wildman–Crippen MR) is 98.0 cm³/mol. The highest BCUT2D eigenvalue weighted by atomic mass is 35.5. The molecule has 122 valence electrons. The van der Waals surface area contributed by atoms with E-state index in [4.69, 9.17) is 23.2 Å². The Balaban J connectivity index is 1.91. The zero-order valence-corrected chi connectivity index (χ0v) is 14.4. The molecular weight excluding hydrogens is 347 g/mol. The first kappa shape index (κ1) is 16.6. The largest absolute Gasteiger partial charge is 0.338 e. The summed E-state index contributed by atoms with van der Waals surface area (Å²) in [6.45, 7) is 1.90. The van der Waals surface area contributed by atoms with E-state index in [9.17, 15) is 9.59 Å². The van der Waals surface area contributed by atoms with Crippen molar-refractivity contribution in [1.82, 2.24) is 4.57 Å². The highest BCUT2D eigenvalue weighted by Gasteiger charge is 2.10. The summed E-state index contributed by atoms with van der Waals surface area (Å²) < 4.78 is 1.69. The number of pyridine rings is 1. The minimum absolute atomic E-state index is 0.0586. The lowest BCUT2D eigenvalue weighted by Gasteiger charge is -2.13. The zero-order valence-electron chi connectivity index (χ0n) is 12.8. The molecule has 3 aromatic rings. The van der Waals surface area contributed by atoms with Crippen LogP contribution in [-0.4, -0.2) is 10.5 Å². The number of anilines is 1. The lowest BCUT2D eigenvalue weighted by Crippen LogP contribution is -2.20. The van der Waals surface area contributed by atoms with Crippen molar-refractivity contribution in [2.75, 3.05) is 5.32 Å². The summed E-state index contributed by atoms with van der Waals surface area (Å²) in [6.07, 6.45) is 1.59. The molecule has 6 heteroatoms. The lowest BCUT2D eigenvalue weighted by molar-refractivity contribution is -0.116. The molecule has 0 spiro atoms. The van der Waals surface area contributed by atoms with Gasteiger partial charge in [0.15, 0.2) is 5.43 Å². The number of amides is 1. The summed E-state index contributed by atoms with van der Waals surface area (Å²) in [7, 11) is 0. The van der Waals surface area contributed by atoms with E-state index in [0.29, 0.717) is 26.6 Å². The fourth-order valence-electron chi connectivity index (χ4n) is 2.50. The van der Waals surface area contributed by atoms with Crippen molar-refractivity contribution in [3.8, 4) is 0 Å². The van der Waals surface area contributed by atoms with Crippen LogP contribution >= 0.6 is 23.2 Å². The molecule has 1 amide bonds. The average Bonchev–Trinajstić information content (AvgIpc) is 2.54. The molecule has 1 heterocycles. The second-order valence-corrected chi connectivity index (χ2v) is 6.27. The maximum absolute atomic E-state index is 12.4. The van der Waals surface area contributed by atoms with Crippen molar-refractivity contribution in [1.29, 1.82) is 0 Å². The van der Waals surface area contributed by atoms with Crippen LogP contribution in [-0.2, 0) is 11.3 Å². The first-order valence-corrected chi connectivity index (χ1v) is 8.05. The molecule has 0 aliphatic rings. The summed E-state index contributed by atoms with van der Waals surface area (Å²) in [5.74, 6) is -0.217. The molecule has 0 saturated carbocycles. The smallest absolute Gasteiger partial charge is 0.244 e. The van der Waals surface area contributed by atoms with Gasteiger partial charge in [-0.25, -0.2) is 0 Å². The van der Waals surface area contributed by atoms with Crippen molar-refractivity contribution < 1.29 is 4.79 Å². The summed E-state index contributed by atoms with van der Waals surface area (Å²) in [6, 6.07) is 11.8. The highest BCUT2D eigenvalue weighted by Crippen LogP contribution is 2.23. The number of nitrogens with one attached hydrogen (secondary N) is 1. The standard InChI is InChI=1S/C18H14Cl2N2O2/c1-11-14(20)3-2-4-15(11)21-18(24)10-22-8-7-17(23)13-6-5-12(19)9-16(13)22/h2-9H,10H2,1H3,(H,21,24). The number of nitrogens with zero attached hydrogens (tertiary/aromatic N) is 1. The number of carbonyl (C=O) groups is 1. The van der Waals surface area contributed by atoms with Crippen LogP contribution in [0, 0.1) is 6.92 Å². The molecule has 2 aromatic carbocycles. The van der Waals surface area contributed by atoms with Gasteiger partial charge in [0.1, 0.15) is 6.54 Å². The van der Waals surface area contributed by atoms with Gasteiger partial charge in [-0.1, -0.05) is 29.3 Å². The third kappa shape index (κ3) is 3.30. The third-order valence-electron chi connectivity index (χ3n) is 3.80. The van der Waals surface area contributed by atoms with E-state index in [-0.39, 0.29) is 17.9 Å². The van der Waals surface area contributed by atoms with Gasteiger partial charge < -0.3 is 9.88 Å².